The minimum atomic E-state index is -3.14. The maximum Gasteiger partial charge on any atom is 0.250 e. The molecule has 0 bridgehead atoms. The number of aryl methyl sites for hydroxylation is 1. The minimum Gasteiger partial charge on any atom is -0.388 e. The highest BCUT2D eigenvalue weighted by Crippen LogP contribution is 2.46. The van der Waals surface area contributed by atoms with E-state index in [0.717, 1.165) is 35.7 Å². The minimum absolute atomic E-state index is 0.0401. The van der Waals surface area contributed by atoms with Crippen LogP contribution in [0.15, 0.2) is 12.3 Å². The van der Waals surface area contributed by atoms with Gasteiger partial charge in [0.15, 0.2) is 5.72 Å². The van der Waals surface area contributed by atoms with E-state index >= 15 is 0 Å². The van der Waals surface area contributed by atoms with Crippen LogP contribution in [-0.2, 0) is 4.74 Å². The number of aliphatic hydroxyl groups excluding tert-OH is 1. The summed E-state index contributed by atoms with van der Waals surface area (Å²) in [5.74, 6) is -3.63. The van der Waals surface area contributed by atoms with Crippen molar-refractivity contribution in [2.24, 2.45) is 5.92 Å². The van der Waals surface area contributed by atoms with Crippen LogP contribution in [0.3, 0.4) is 0 Å². The summed E-state index contributed by atoms with van der Waals surface area (Å²) in [4.78, 5) is 18.6. The molecule has 0 unspecified atom stereocenters. The van der Waals surface area contributed by atoms with Gasteiger partial charge in [0.05, 0.1) is 33.7 Å². The number of nitrogens with one attached hydrogen (secondary N) is 2. The van der Waals surface area contributed by atoms with Gasteiger partial charge in [0.1, 0.15) is 22.4 Å². The van der Waals surface area contributed by atoms with E-state index in [2.05, 4.69) is 25.6 Å². The Kier molecular flexibility index (Phi) is 6.80. The topological polar surface area (TPSA) is 125 Å². The summed E-state index contributed by atoms with van der Waals surface area (Å²) in [7, 11) is 1.60. The van der Waals surface area contributed by atoms with Crippen molar-refractivity contribution in [3.8, 4) is 10.6 Å². The predicted molar refractivity (Wildman–Crippen MR) is 138 cm³/mol. The largest absolute Gasteiger partial charge is 0.388 e. The van der Waals surface area contributed by atoms with Crippen LogP contribution in [0.4, 0.5) is 20.5 Å². The van der Waals surface area contributed by atoms with Gasteiger partial charge in [-0.15, -0.1) is 11.3 Å². The van der Waals surface area contributed by atoms with Crippen LogP contribution in [0.5, 0.6) is 0 Å². The molecular weight excluding hydrogens is 502 g/mol. The van der Waals surface area contributed by atoms with E-state index in [1.807, 2.05) is 13.0 Å². The van der Waals surface area contributed by atoms with Crippen molar-refractivity contribution < 1.29 is 23.7 Å². The molecule has 0 radical (unpaired) electrons. The molecule has 0 saturated heterocycles. The van der Waals surface area contributed by atoms with E-state index in [4.69, 9.17) is 9.72 Å². The number of hydrogen-bond donors (Lipinski definition) is 4. The third-order valence-corrected chi connectivity index (χ3v) is 8.28. The van der Waals surface area contributed by atoms with Gasteiger partial charge < -0.3 is 25.6 Å². The Labute approximate surface area is 217 Å². The lowest BCUT2D eigenvalue weighted by molar-refractivity contribution is -0.117. The fourth-order valence-corrected chi connectivity index (χ4v) is 5.91. The maximum absolute atomic E-state index is 14.1. The van der Waals surface area contributed by atoms with Gasteiger partial charge in [-0.3, -0.25) is 4.98 Å². The molecule has 3 heterocycles. The highest BCUT2D eigenvalue weighted by Gasteiger charge is 2.55. The smallest absolute Gasteiger partial charge is 0.250 e. The normalized spacial score (nSPS) is 25.0. The molecule has 5 rings (SSSR count). The van der Waals surface area contributed by atoms with Crippen LogP contribution in [0.2, 0.25) is 0 Å². The average Bonchev–Trinajstić information content (AvgIpc) is 3.51. The second-order valence-corrected chi connectivity index (χ2v) is 11.2. The average molecular weight is 535 g/mol. The van der Waals surface area contributed by atoms with Crippen molar-refractivity contribution in [3.63, 3.8) is 0 Å². The molecule has 0 spiro atoms. The number of nitrogens with zero attached hydrogens (tertiary/aromatic N) is 4. The van der Waals surface area contributed by atoms with Crippen molar-refractivity contribution in [3.05, 3.63) is 23.7 Å². The van der Waals surface area contributed by atoms with Crippen molar-refractivity contribution in [2.45, 2.75) is 76.2 Å². The first-order chi connectivity index (χ1) is 17.5. The molecule has 2 fully saturated rings. The number of alkyl halides is 2. The number of pyridine rings is 1. The number of aliphatic hydroxyl groups is 2. The molecule has 3 aromatic heterocycles. The van der Waals surface area contributed by atoms with Crippen LogP contribution in [0.25, 0.3) is 20.8 Å². The van der Waals surface area contributed by atoms with Crippen LogP contribution in [0.1, 0.15) is 56.8 Å². The Bertz CT molecular complexity index is 1300. The van der Waals surface area contributed by atoms with Crippen LogP contribution in [0, 0.1) is 12.8 Å². The zero-order chi connectivity index (χ0) is 26.5. The molecular formula is C25H32F2N6O3S. The number of ether oxygens (including phenoxy) is 1. The standard InChI is InChI=1S/C25H32F2N6O3S/c1-12(36-4)11-29-23-30-13(2)17(22-31-19-16(37-22)8-10-28-18(19)14-5-6-14)21(32-23)33-25(35)9-7-15(20(25)34)24(3,26)27/h8,10,12,14-15,20,34-35H,5-7,9,11H2,1-4H3,(H2,29,30,32,33)/t12-,15-,20+,25+/m0/s1. The third-order valence-electron chi connectivity index (χ3n) is 7.25. The van der Waals surface area contributed by atoms with Crippen molar-refractivity contribution in [1.82, 2.24) is 19.9 Å². The Morgan fingerprint density at radius 1 is 1.27 bits per heavy atom. The fourth-order valence-electron chi connectivity index (χ4n) is 4.84. The van der Waals surface area contributed by atoms with E-state index in [9.17, 15) is 19.0 Å². The lowest BCUT2D eigenvalue weighted by Crippen LogP contribution is -2.50. The zero-order valence-electron chi connectivity index (χ0n) is 21.3. The predicted octanol–water partition coefficient (Wildman–Crippen LogP) is 4.31. The van der Waals surface area contributed by atoms with E-state index in [0.29, 0.717) is 28.7 Å². The SMILES string of the molecule is CO[C@@H](C)CNc1nc(C)c(-c2nc3c(C4CC4)nccc3s2)c(N[C@@]2(O)CC[C@H](C(C)(F)F)[C@H]2O)n1. The lowest BCUT2D eigenvalue weighted by atomic mass is 9.97. The van der Waals surface area contributed by atoms with Gasteiger partial charge in [-0.1, -0.05) is 0 Å². The summed E-state index contributed by atoms with van der Waals surface area (Å²) in [5.41, 5.74) is 0.933. The van der Waals surface area contributed by atoms with Crippen LogP contribution in [-0.4, -0.2) is 67.7 Å². The molecule has 0 aliphatic heterocycles. The molecule has 2 saturated carbocycles. The van der Waals surface area contributed by atoms with Gasteiger partial charge in [0.25, 0.3) is 5.92 Å². The molecule has 0 amide bonds. The number of anilines is 2. The van der Waals surface area contributed by atoms with Gasteiger partial charge in [-0.25, -0.2) is 18.7 Å². The summed E-state index contributed by atoms with van der Waals surface area (Å²) in [6.07, 6.45) is 2.05. The molecule has 12 heteroatoms. The lowest BCUT2D eigenvalue weighted by Gasteiger charge is -2.32. The summed E-state index contributed by atoms with van der Waals surface area (Å²) >= 11 is 1.45. The molecule has 9 nitrogen and oxygen atoms in total. The van der Waals surface area contributed by atoms with E-state index < -0.39 is 23.7 Å². The third kappa shape index (κ3) is 5.12. The quantitative estimate of drug-likeness (QED) is 0.297. The first-order valence-corrected chi connectivity index (χ1v) is 13.3. The number of methoxy groups -OCH3 is 1. The first kappa shape index (κ1) is 26.1. The van der Waals surface area contributed by atoms with Gasteiger partial charge in [-0.2, -0.15) is 4.98 Å². The van der Waals surface area contributed by atoms with Crippen molar-refractivity contribution in [1.29, 1.82) is 0 Å². The van der Waals surface area contributed by atoms with Crippen molar-refractivity contribution in [2.75, 3.05) is 24.3 Å². The van der Waals surface area contributed by atoms with E-state index in [1.165, 1.54) is 11.3 Å². The summed E-state index contributed by atoms with van der Waals surface area (Å²) in [6.45, 7) is 4.89. The van der Waals surface area contributed by atoms with Crippen LogP contribution >= 0.6 is 11.3 Å². The number of hydrogen-bond acceptors (Lipinski definition) is 10. The first-order valence-electron chi connectivity index (χ1n) is 12.5. The molecule has 4 atom stereocenters. The monoisotopic (exact) mass is 534 g/mol. The second kappa shape index (κ2) is 9.64. The Morgan fingerprint density at radius 2 is 2.03 bits per heavy atom. The van der Waals surface area contributed by atoms with Gasteiger partial charge in [0, 0.05) is 25.8 Å². The van der Waals surface area contributed by atoms with E-state index in [1.54, 1.807) is 20.2 Å². The molecule has 0 aromatic carbocycles. The molecule has 3 aromatic rings. The second-order valence-electron chi connectivity index (χ2n) is 10.2. The molecule has 37 heavy (non-hydrogen) atoms. The zero-order valence-corrected chi connectivity index (χ0v) is 22.1. The van der Waals surface area contributed by atoms with Crippen LogP contribution < -0.4 is 10.6 Å². The highest BCUT2D eigenvalue weighted by atomic mass is 32.1. The summed E-state index contributed by atoms with van der Waals surface area (Å²) < 4.78 is 34.5. The molecule has 2 aliphatic carbocycles. The van der Waals surface area contributed by atoms with Gasteiger partial charge >= 0.3 is 0 Å². The Balaban J connectivity index is 1.57. The summed E-state index contributed by atoms with van der Waals surface area (Å²) in [6, 6.07) is 1.91. The Morgan fingerprint density at radius 3 is 2.68 bits per heavy atom. The number of thiazole rings is 1. The highest BCUT2D eigenvalue weighted by molar-refractivity contribution is 7.21. The molecule has 4 N–H and O–H groups in total. The number of aromatic nitrogens is 4. The maximum atomic E-state index is 14.1. The number of halogens is 2. The fraction of sp³-hybridized carbons (Fsp3) is 0.600. The number of rotatable bonds is 9. The molecule has 200 valence electrons. The summed E-state index contributed by atoms with van der Waals surface area (Å²) in [5, 5.41) is 28.7. The van der Waals surface area contributed by atoms with Crippen molar-refractivity contribution >= 4 is 33.3 Å². The van der Waals surface area contributed by atoms with Gasteiger partial charge in [-0.05, 0) is 52.5 Å². The number of fused-ring (bicyclic) bond motifs is 1. The van der Waals surface area contributed by atoms with E-state index in [-0.39, 0.29) is 30.7 Å². The Hall–Kier alpha value is -2.54. The molecule has 2 aliphatic rings. The van der Waals surface area contributed by atoms with Gasteiger partial charge in [0.2, 0.25) is 5.95 Å².